The average molecular weight is 190 g/mol. The van der Waals surface area contributed by atoms with E-state index in [4.69, 9.17) is 23.1 Å². The van der Waals surface area contributed by atoms with Crippen LogP contribution in [0.2, 0.25) is 0 Å². The van der Waals surface area contributed by atoms with Crippen LogP contribution in [0, 0.1) is 0 Å². The fraction of sp³-hybridized carbons (Fsp3) is 0.875. The van der Waals surface area contributed by atoms with Gasteiger partial charge in [0.2, 0.25) is 0 Å². The molecular weight excluding hydrogens is 172 g/mol. The van der Waals surface area contributed by atoms with Gasteiger partial charge in [0.25, 0.3) is 0 Å². The maximum atomic E-state index is 9.12. The number of hydrogen-bond acceptors (Lipinski definition) is 3. The third-order valence-electron chi connectivity index (χ3n) is 1.80. The van der Waals surface area contributed by atoms with Crippen LogP contribution >= 0.6 is 12.2 Å². The highest BCUT2D eigenvalue weighted by molar-refractivity contribution is 7.80. The standard InChI is InChI=1S/C8H18N2OS/c1-4-7(8(9)12)10(3)5-6(2)11/h6-7,11H,4-5H2,1-3H3,(H2,9,12). The fourth-order valence-electron chi connectivity index (χ4n) is 1.27. The molecule has 3 N–H and O–H groups in total. The molecule has 4 heteroatoms. The quantitative estimate of drug-likeness (QED) is 0.615. The highest BCUT2D eigenvalue weighted by Gasteiger charge is 2.16. The lowest BCUT2D eigenvalue weighted by Gasteiger charge is -2.26. The van der Waals surface area contributed by atoms with Crippen LogP contribution in [0.1, 0.15) is 20.3 Å². The first-order chi connectivity index (χ1) is 5.49. The summed E-state index contributed by atoms with van der Waals surface area (Å²) >= 11 is 4.90. The Morgan fingerprint density at radius 2 is 2.17 bits per heavy atom. The van der Waals surface area contributed by atoms with Crippen LogP contribution in [0.4, 0.5) is 0 Å². The van der Waals surface area contributed by atoms with Crippen LogP contribution in [-0.4, -0.2) is 40.7 Å². The summed E-state index contributed by atoms with van der Waals surface area (Å²) in [6, 6.07) is 0.106. The molecule has 0 aromatic rings. The van der Waals surface area contributed by atoms with Gasteiger partial charge in [-0.1, -0.05) is 19.1 Å². The van der Waals surface area contributed by atoms with Crippen molar-refractivity contribution in [2.75, 3.05) is 13.6 Å². The Bertz CT molecular complexity index is 150. The molecule has 0 amide bonds. The van der Waals surface area contributed by atoms with Crippen LogP contribution in [-0.2, 0) is 0 Å². The summed E-state index contributed by atoms with van der Waals surface area (Å²) in [5.41, 5.74) is 5.53. The Morgan fingerprint density at radius 1 is 1.67 bits per heavy atom. The summed E-state index contributed by atoms with van der Waals surface area (Å²) < 4.78 is 0. The Balaban J connectivity index is 4.02. The van der Waals surface area contributed by atoms with Gasteiger partial charge in [-0.05, 0) is 20.4 Å². The van der Waals surface area contributed by atoms with E-state index in [0.29, 0.717) is 11.5 Å². The molecular formula is C8H18N2OS. The van der Waals surface area contributed by atoms with Gasteiger partial charge in [0.15, 0.2) is 0 Å². The summed E-state index contributed by atoms with van der Waals surface area (Å²) in [7, 11) is 1.92. The number of nitrogens with zero attached hydrogens (tertiary/aromatic N) is 1. The van der Waals surface area contributed by atoms with E-state index in [1.165, 1.54) is 0 Å². The van der Waals surface area contributed by atoms with Gasteiger partial charge in [0, 0.05) is 6.54 Å². The fourth-order valence-corrected chi connectivity index (χ4v) is 1.62. The molecule has 0 heterocycles. The largest absolute Gasteiger partial charge is 0.392 e. The molecule has 0 fully saturated rings. The van der Waals surface area contributed by atoms with Gasteiger partial charge < -0.3 is 10.8 Å². The topological polar surface area (TPSA) is 49.5 Å². The van der Waals surface area contributed by atoms with Crippen LogP contribution < -0.4 is 5.73 Å². The van der Waals surface area contributed by atoms with Crippen molar-refractivity contribution >= 4 is 17.2 Å². The van der Waals surface area contributed by atoms with E-state index in [1.54, 1.807) is 6.92 Å². The van der Waals surface area contributed by atoms with Crippen molar-refractivity contribution in [3.05, 3.63) is 0 Å². The van der Waals surface area contributed by atoms with Crippen molar-refractivity contribution in [2.45, 2.75) is 32.4 Å². The second-order valence-corrected chi connectivity index (χ2v) is 3.59. The third-order valence-corrected chi connectivity index (χ3v) is 2.07. The molecule has 2 unspecified atom stereocenters. The van der Waals surface area contributed by atoms with Crippen molar-refractivity contribution in [3.8, 4) is 0 Å². The second kappa shape index (κ2) is 5.45. The number of hydrogen-bond donors (Lipinski definition) is 2. The summed E-state index contributed by atoms with van der Waals surface area (Å²) in [6.45, 7) is 4.39. The monoisotopic (exact) mass is 190 g/mol. The van der Waals surface area contributed by atoms with E-state index >= 15 is 0 Å². The summed E-state index contributed by atoms with van der Waals surface area (Å²) in [4.78, 5) is 2.48. The van der Waals surface area contributed by atoms with E-state index in [1.807, 2.05) is 18.9 Å². The van der Waals surface area contributed by atoms with Crippen molar-refractivity contribution in [2.24, 2.45) is 5.73 Å². The second-order valence-electron chi connectivity index (χ2n) is 3.12. The predicted molar refractivity (Wildman–Crippen MR) is 55.2 cm³/mol. The Morgan fingerprint density at radius 3 is 2.42 bits per heavy atom. The molecule has 0 aliphatic rings. The van der Waals surface area contributed by atoms with E-state index in [2.05, 4.69) is 0 Å². The highest BCUT2D eigenvalue weighted by atomic mass is 32.1. The maximum Gasteiger partial charge on any atom is 0.0901 e. The molecule has 0 aromatic carbocycles. The van der Waals surface area contributed by atoms with Crippen molar-refractivity contribution in [3.63, 3.8) is 0 Å². The zero-order chi connectivity index (χ0) is 9.72. The molecule has 0 spiro atoms. The number of aliphatic hydroxyl groups is 1. The van der Waals surface area contributed by atoms with Crippen LogP contribution in [0.5, 0.6) is 0 Å². The molecule has 72 valence electrons. The summed E-state index contributed by atoms with van der Waals surface area (Å²) in [5.74, 6) is 0. The molecule has 0 saturated heterocycles. The van der Waals surface area contributed by atoms with Gasteiger partial charge in [0.1, 0.15) is 0 Å². The Kier molecular flexibility index (Phi) is 5.37. The van der Waals surface area contributed by atoms with Gasteiger partial charge in [-0.25, -0.2) is 0 Å². The number of thiocarbonyl (C=S) groups is 1. The zero-order valence-electron chi connectivity index (χ0n) is 7.95. The molecule has 3 nitrogen and oxygen atoms in total. The van der Waals surface area contributed by atoms with Gasteiger partial charge in [-0.15, -0.1) is 0 Å². The lowest BCUT2D eigenvalue weighted by molar-refractivity contribution is 0.131. The normalized spacial score (nSPS) is 16.1. The molecule has 2 atom stereocenters. The van der Waals surface area contributed by atoms with Crippen LogP contribution in [0.15, 0.2) is 0 Å². The van der Waals surface area contributed by atoms with Crippen LogP contribution in [0.25, 0.3) is 0 Å². The predicted octanol–water partition coefficient (Wildman–Crippen LogP) is 0.364. The SMILES string of the molecule is CCC(C(N)=S)N(C)CC(C)O. The molecule has 0 saturated carbocycles. The maximum absolute atomic E-state index is 9.12. The van der Waals surface area contributed by atoms with Crippen molar-refractivity contribution < 1.29 is 5.11 Å². The minimum atomic E-state index is -0.335. The number of rotatable bonds is 5. The summed E-state index contributed by atoms with van der Waals surface area (Å²) in [6.07, 6.45) is 0.553. The molecule has 0 rings (SSSR count). The zero-order valence-corrected chi connectivity index (χ0v) is 8.77. The Hall–Kier alpha value is -0.190. The average Bonchev–Trinajstić information content (AvgIpc) is 1.85. The highest BCUT2D eigenvalue weighted by Crippen LogP contribution is 2.02. The van der Waals surface area contributed by atoms with E-state index < -0.39 is 0 Å². The lowest BCUT2D eigenvalue weighted by atomic mass is 10.2. The van der Waals surface area contributed by atoms with E-state index in [9.17, 15) is 0 Å². The number of aliphatic hydroxyl groups excluding tert-OH is 1. The molecule has 0 aliphatic carbocycles. The van der Waals surface area contributed by atoms with Crippen molar-refractivity contribution in [1.82, 2.24) is 4.90 Å². The first-order valence-corrected chi connectivity index (χ1v) is 4.57. The molecule has 0 aliphatic heterocycles. The number of nitrogens with two attached hydrogens (primary N) is 1. The lowest BCUT2D eigenvalue weighted by Crippen LogP contribution is -2.43. The molecule has 0 aromatic heterocycles. The smallest absolute Gasteiger partial charge is 0.0901 e. The van der Waals surface area contributed by atoms with Gasteiger partial charge in [-0.2, -0.15) is 0 Å². The first kappa shape index (κ1) is 11.8. The first-order valence-electron chi connectivity index (χ1n) is 4.16. The van der Waals surface area contributed by atoms with Gasteiger partial charge >= 0.3 is 0 Å². The van der Waals surface area contributed by atoms with Gasteiger partial charge in [-0.3, -0.25) is 4.90 Å². The van der Waals surface area contributed by atoms with Crippen LogP contribution in [0.3, 0.4) is 0 Å². The third kappa shape index (κ3) is 3.99. The number of likely N-dealkylation sites (N-methyl/N-ethyl adjacent to an activating group) is 1. The molecule has 0 bridgehead atoms. The van der Waals surface area contributed by atoms with E-state index in [0.717, 1.165) is 6.42 Å². The minimum absolute atomic E-state index is 0.106. The van der Waals surface area contributed by atoms with E-state index in [-0.39, 0.29) is 12.1 Å². The molecule has 12 heavy (non-hydrogen) atoms. The Labute approximate surface area is 79.5 Å². The molecule has 0 radical (unpaired) electrons. The summed E-state index contributed by atoms with van der Waals surface area (Å²) in [5, 5.41) is 9.12. The minimum Gasteiger partial charge on any atom is -0.392 e. The van der Waals surface area contributed by atoms with Crippen molar-refractivity contribution in [1.29, 1.82) is 0 Å². The van der Waals surface area contributed by atoms with Gasteiger partial charge in [0.05, 0.1) is 17.1 Å².